The van der Waals surface area contributed by atoms with E-state index in [2.05, 4.69) is 44.3 Å². The third-order valence-corrected chi connectivity index (χ3v) is 4.10. The Labute approximate surface area is 122 Å². The van der Waals surface area contributed by atoms with Gasteiger partial charge in [-0.15, -0.1) is 0 Å². The van der Waals surface area contributed by atoms with Crippen LogP contribution >= 0.6 is 0 Å². The highest BCUT2D eigenvalue weighted by Gasteiger charge is 2.43. The summed E-state index contributed by atoms with van der Waals surface area (Å²) in [5, 5.41) is 3.54. The van der Waals surface area contributed by atoms with Crippen molar-refractivity contribution in [2.24, 2.45) is 0 Å². The molecule has 1 fully saturated rings. The Kier molecular flexibility index (Phi) is 5.44. The Morgan fingerprint density at radius 3 is 2.75 bits per heavy atom. The van der Waals surface area contributed by atoms with E-state index in [1.54, 1.807) is 0 Å². The van der Waals surface area contributed by atoms with E-state index >= 15 is 0 Å². The molecule has 3 nitrogen and oxygen atoms in total. The van der Waals surface area contributed by atoms with E-state index in [9.17, 15) is 0 Å². The molecule has 2 rings (SSSR count). The Morgan fingerprint density at radius 1 is 1.25 bits per heavy atom. The number of aryl methyl sites for hydroxylation is 1. The first-order valence-corrected chi connectivity index (χ1v) is 7.75. The highest BCUT2D eigenvalue weighted by Crippen LogP contribution is 2.31. The summed E-state index contributed by atoms with van der Waals surface area (Å²) < 4.78 is 12.0. The summed E-state index contributed by atoms with van der Waals surface area (Å²) >= 11 is 0. The van der Waals surface area contributed by atoms with Gasteiger partial charge in [-0.1, -0.05) is 19.1 Å². The predicted octanol–water partition coefficient (Wildman–Crippen LogP) is 3.23. The van der Waals surface area contributed by atoms with E-state index in [1.165, 1.54) is 11.1 Å². The van der Waals surface area contributed by atoms with Gasteiger partial charge in [0.1, 0.15) is 18.0 Å². The summed E-state index contributed by atoms with van der Waals surface area (Å²) in [6.45, 7) is 10.3. The first-order valence-electron chi connectivity index (χ1n) is 7.75. The zero-order valence-corrected chi connectivity index (χ0v) is 13.1. The highest BCUT2D eigenvalue weighted by molar-refractivity contribution is 5.38. The van der Waals surface area contributed by atoms with Crippen LogP contribution < -0.4 is 10.1 Å². The molecule has 0 saturated heterocycles. The number of benzene rings is 1. The van der Waals surface area contributed by atoms with Gasteiger partial charge in [0.05, 0.1) is 0 Å². The molecule has 1 saturated carbocycles. The summed E-state index contributed by atoms with van der Waals surface area (Å²) in [5.41, 5.74) is 2.50. The van der Waals surface area contributed by atoms with Gasteiger partial charge in [-0.3, -0.25) is 0 Å². The summed E-state index contributed by atoms with van der Waals surface area (Å²) in [6, 6.07) is 6.66. The number of nitrogens with one attached hydrogen (secondary N) is 1. The summed E-state index contributed by atoms with van der Waals surface area (Å²) in [4.78, 5) is 0. The Bertz CT molecular complexity index is 433. The molecule has 3 heteroatoms. The van der Waals surface area contributed by atoms with Crippen LogP contribution in [0, 0.1) is 13.8 Å². The summed E-state index contributed by atoms with van der Waals surface area (Å²) in [7, 11) is 0. The number of ether oxygens (including phenoxy) is 2. The van der Waals surface area contributed by atoms with E-state index < -0.39 is 0 Å². The monoisotopic (exact) mass is 277 g/mol. The van der Waals surface area contributed by atoms with Crippen LogP contribution in [0.2, 0.25) is 0 Å². The lowest BCUT2D eigenvalue weighted by atomic mass is 9.85. The van der Waals surface area contributed by atoms with E-state index in [-0.39, 0.29) is 12.2 Å². The van der Waals surface area contributed by atoms with Gasteiger partial charge in [-0.2, -0.15) is 0 Å². The van der Waals surface area contributed by atoms with Crippen molar-refractivity contribution in [3.63, 3.8) is 0 Å². The predicted molar refractivity (Wildman–Crippen MR) is 82.4 cm³/mol. The molecule has 0 heterocycles. The third kappa shape index (κ3) is 3.33. The van der Waals surface area contributed by atoms with E-state index in [0.29, 0.717) is 6.04 Å². The maximum atomic E-state index is 6.17. The van der Waals surface area contributed by atoms with E-state index in [1.807, 2.05) is 6.92 Å². The van der Waals surface area contributed by atoms with Crippen LogP contribution in [0.4, 0.5) is 0 Å². The molecule has 3 atom stereocenters. The molecule has 3 unspecified atom stereocenters. The second-order valence-corrected chi connectivity index (χ2v) is 5.57. The minimum atomic E-state index is 0.171. The standard InChI is InChI=1S/C17H27NO2/c1-5-10-18-14-11-16(17(14)19-6-2)20-15-9-7-8-12(3)13(15)4/h7-9,14,16-18H,5-6,10-11H2,1-4H3. The fourth-order valence-corrected chi connectivity index (χ4v) is 2.66. The maximum Gasteiger partial charge on any atom is 0.128 e. The molecule has 1 aliphatic carbocycles. The highest BCUT2D eigenvalue weighted by atomic mass is 16.5. The molecular formula is C17H27NO2. The van der Waals surface area contributed by atoms with Gasteiger partial charge in [-0.25, -0.2) is 0 Å². The lowest BCUT2D eigenvalue weighted by Gasteiger charge is -2.44. The molecule has 0 spiro atoms. The van der Waals surface area contributed by atoms with Crippen LogP contribution in [-0.2, 0) is 4.74 Å². The van der Waals surface area contributed by atoms with Crippen LogP contribution in [0.5, 0.6) is 5.75 Å². The summed E-state index contributed by atoms with van der Waals surface area (Å²) in [6.07, 6.45) is 2.52. The second-order valence-electron chi connectivity index (χ2n) is 5.57. The molecule has 0 bridgehead atoms. The van der Waals surface area contributed by atoms with Crippen LogP contribution in [0.1, 0.15) is 37.8 Å². The fraction of sp³-hybridized carbons (Fsp3) is 0.647. The maximum absolute atomic E-state index is 6.17. The molecule has 0 aliphatic heterocycles. The zero-order chi connectivity index (χ0) is 14.5. The van der Waals surface area contributed by atoms with Crippen LogP contribution in [0.15, 0.2) is 18.2 Å². The number of hydrogen-bond donors (Lipinski definition) is 1. The van der Waals surface area contributed by atoms with Gasteiger partial charge in [0, 0.05) is 19.1 Å². The molecule has 0 aromatic heterocycles. The molecule has 0 radical (unpaired) electrons. The smallest absolute Gasteiger partial charge is 0.128 e. The van der Waals surface area contributed by atoms with Crippen molar-refractivity contribution in [3.05, 3.63) is 29.3 Å². The lowest BCUT2D eigenvalue weighted by molar-refractivity contribution is -0.104. The van der Waals surface area contributed by atoms with Crippen LogP contribution in [-0.4, -0.2) is 31.4 Å². The minimum Gasteiger partial charge on any atom is -0.487 e. The normalized spacial score (nSPS) is 25.3. The molecule has 1 aromatic carbocycles. The largest absolute Gasteiger partial charge is 0.487 e. The molecule has 112 valence electrons. The molecule has 1 aromatic rings. The number of hydrogen-bond acceptors (Lipinski definition) is 3. The van der Waals surface area contributed by atoms with Gasteiger partial charge < -0.3 is 14.8 Å². The fourth-order valence-electron chi connectivity index (χ4n) is 2.66. The summed E-state index contributed by atoms with van der Waals surface area (Å²) in [5.74, 6) is 0.994. The molecule has 0 amide bonds. The zero-order valence-electron chi connectivity index (χ0n) is 13.1. The van der Waals surface area contributed by atoms with E-state index in [0.717, 1.165) is 31.7 Å². The third-order valence-electron chi connectivity index (χ3n) is 4.10. The van der Waals surface area contributed by atoms with Crippen molar-refractivity contribution in [1.82, 2.24) is 5.32 Å². The van der Waals surface area contributed by atoms with Crippen molar-refractivity contribution in [1.29, 1.82) is 0 Å². The van der Waals surface area contributed by atoms with Crippen molar-refractivity contribution in [2.75, 3.05) is 13.2 Å². The van der Waals surface area contributed by atoms with Crippen molar-refractivity contribution in [2.45, 2.75) is 58.8 Å². The van der Waals surface area contributed by atoms with Gasteiger partial charge in [0.25, 0.3) is 0 Å². The van der Waals surface area contributed by atoms with Gasteiger partial charge in [0.15, 0.2) is 0 Å². The average Bonchev–Trinajstić information content (AvgIpc) is 2.43. The van der Waals surface area contributed by atoms with E-state index in [4.69, 9.17) is 9.47 Å². The second kappa shape index (κ2) is 7.09. The lowest BCUT2D eigenvalue weighted by Crippen LogP contribution is -2.61. The SMILES string of the molecule is CCCNC1CC(Oc2cccc(C)c2C)C1OCC. The minimum absolute atomic E-state index is 0.171. The molecule has 1 aliphatic rings. The van der Waals surface area contributed by atoms with Crippen molar-refractivity contribution in [3.8, 4) is 5.75 Å². The van der Waals surface area contributed by atoms with Gasteiger partial charge in [0.2, 0.25) is 0 Å². The molecular weight excluding hydrogens is 250 g/mol. The Hall–Kier alpha value is -1.06. The average molecular weight is 277 g/mol. The van der Waals surface area contributed by atoms with Crippen molar-refractivity contribution < 1.29 is 9.47 Å². The van der Waals surface area contributed by atoms with Crippen molar-refractivity contribution >= 4 is 0 Å². The molecule has 1 N–H and O–H groups in total. The quantitative estimate of drug-likeness (QED) is 0.830. The van der Waals surface area contributed by atoms with Crippen LogP contribution in [0.25, 0.3) is 0 Å². The first-order chi connectivity index (χ1) is 9.67. The first kappa shape index (κ1) is 15.3. The number of rotatable bonds is 7. The Balaban J connectivity index is 1.97. The van der Waals surface area contributed by atoms with Gasteiger partial charge in [-0.05, 0) is 50.9 Å². The molecule has 20 heavy (non-hydrogen) atoms. The van der Waals surface area contributed by atoms with Crippen LogP contribution in [0.3, 0.4) is 0 Å². The van der Waals surface area contributed by atoms with Gasteiger partial charge >= 0.3 is 0 Å². The topological polar surface area (TPSA) is 30.5 Å². The Morgan fingerprint density at radius 2 is 2.05 bits per heavy atom.